The van der Waals surface area contributed by atoms with Gasteiger partial charge in [-0.1, -0.05) is 55.1 Å². The summed E-state index contributed by atoms with van der Waals surface area (Å²) in [5, 5.41) is 8.34. The van der Waals surface area contributed by atoms with Gasteiger partial charge in [0.1, 0.15) is 5.84 Å². The number of para-hydroxylation sites is 1. The molecule has 5 heteroatoms. The summed E-state index contributed by atoms with van der Waals surface area (Å²) in [6, 6.07) is 14.4. The minimum Gasteiger partial charge on any atom is -0.384 e. The lowest BCUT2D eigenvalue weighted by Crippen LogP contribution is -2.54. The van der Waals surface area contributed by atoms with Gasteiger partial charge in [0.25, 0.3) is 0 Å². The SMILES string of the molecule is COCCc1cccc2c1NC1(CCCCC1)C(=NCc1cccc(Cl)c1)N2. The van der Waals surface area contributed by atoms with Crippen LogP contribution < -0.4 is 10.6 Å². The van der Waals surface area contributed by atoms with Gasteiger partial charge in [-0.15, -0.1) is 0 Å². The van der Waals surface area contributed by atoms with Gasteiger partial charge in [0, 0.05) is 12.1 Å². The zero-order valence-electron chi connectivity index (χ0n) is 16.4. The van der Waals surface area contributed by atoms with Gasteiger partial charge in [-0.3, -0.25) is 4.99 Å². The molecule has 1 fully saturated rings. The molecule has 28 heavy (non-hydrogen) atoms. The summed E-state index contributed by atoms with van der Waals surface area (Å²) in [4.78, 5) is 5.02. The molecule has 1 saturated carbocycles. The van der Waals surface area contributed by atoms with Crippen molar-refractivity contribution < 1.29 is 4.74 Å². The Labute approximate surface area is 172 Å². The fourth-order valence-electron chi connectivity index (χ4n) is 4.33. The first kappa shape index (κ1) is 19.3. The topological polar surface area (TPSA) is 45.6 Å². The van der Waals surface area contributed by atoms with E-state index in [1.807, 2.05) is 18.2 Å². The highest BCUT2D eigenvalue weighted by molar-refractivity contribution is 6.30. The first-order chi connectivity index (χ1) is 13.7. The molecule has 1 aliphatic carbocycles. The number of methoxy groups -OCH3 is 1. The van der Waals surface area contributed by atoms with E-state index in [1.54, 1.807) is 7.11 Å². The third kappa shape index (κ3) is 4.03. The minimum atomic E-state index is -0.104. The summed E-state index contributed by atoms with van der Waals surface area (Å²) in [6.45, 7) is 1.35. The van der Waals surface area contributed by atoms with Crippen molar-refractivity contribution in [3.8, 4) is 0 Å². The van der Waals surface area contributed by atoms with Crippen LogP contribution in [0, 0.1) is 0 Å². The normalized spacial score (nSPS) is 19.1. The molecule has 2 aromatic rings. The third-order valence-electron chi connectivity index (χ3n) is 5.81. The van der Waals surface area contributed by atoms with Crippen molar-refractivity contribution in [3.63, 3.8) is 0 Å². The molecule has 1 heterocycles. The molecule has 0 unspecified atom stereocenters. The van der Waals surface area contributed by atoms with E-state index >= 15 is 0 Å². The molecular weight excluding hydrogens is 370 g/mol. The summed E-state index contributed by atoms with van der Waals surface area (Å²) in [5.74, 6) is 1.06. The summed E-state index contributed by atoms with van der Waals surface area (Å²) in [5.41, 5.74) is 4.64. The van der Waals surface area contributed by atoms with E-state index in [9.17, 15) is 0 Å². The van der Waals surface area contributed by atoms with Gasteiger partial charge in [0.15, 0.2) is 0 Å². The predicted molar refractivity (Wildman–Crippen MR) is 118 cm³/mol. The second-order valence-electron chi connectivity index (χ2n) is 7.77. The number of aliphatic imine (C=N–C) groups is 1. The van der Waals surface area contributed by atoms with Crippen LogP contribution in [0.4, 0.5) is 11.4 Å². The highest BCUT2D eigenvalue weighted by Crippen LogP contribution is 2.41. The van der Waals surface area contributed by atoms with Crippen molar-refractivity contribution in [2.45, 2.75) is 50.6 Å². The van der Waals surface area contributed by atoms with Crippen molar-refractivity contribution in [1.29, 1.82) is 0 Å². The summed E-state index contributed by atoms with van der Waals surface area (Å²) >= 11 is 6.15. The molecule has 0 saturated heterocycles. The van der Waals surface area contributed by atoms with Gasteiger partial charge in [-0.2, -0.15) is 0 Å². The van der Waals surface area contributed by atoms with Crippen LogP contribution in [0.3, 0.4) is 0 Å². The Balaban J connectivity index is 1.67. The number of nitrogens with zero attached hydrogens (tertiary/aromatic N) is 1. The summed E-state index contributed by atoms with van der Waals surface area (Å²) in [6.07, 6.45) is 6.85. The van der Waals surface area contributed by atoms with Crippen LogP contribution in [-0.4, -0.2) is 25.1 Å². The number of hydrogen-bond donors (Lipinski definition) is 2. The molecule has 4 nitrogen and oxygen atoms in total. The van der Waals surface area contributed by atoms with E-state index in [4.69, 9.17) is 21.3 Å². The molecule has 2 aliphatic rings. The monoisotopic (exact) mass is 397 g/mol. The molecule has 0 radical (unpaired) electrons. The van der Waals surface area contributed by atoms with Crippen molar-refractivity contribution in [1.82, 2.24) is 0 Å². The number of rotatable bonds is 5. The zero-order chi connectivity index (χ0) is 19.4. The maximum Gasteiger partial charge on any atom is 0.127 e. The van der Waals surface area contributed by atoms with Gasteiger partial charge in [-0.05, 0) is 48.6 Å². The molecule has 0 atom stereocenters. The van der Waals surface area contributed by atoms with E-state index in [0.29, 0.717) is 6.54 Å². The van der Waals surface area contributed by atoms with Gasteiger partial charge in [0.05, 0.1) is 30.1 Å². The first-order valence-corrected chi connectivity index (χ1v) is 10.5. The van der Waals surface area contributed by atoms with Crippen molar-refractivity contribution in [2.75, 3.05) is 24.4 Å². The number of nitrogens with one attached hydrogen (secondary N) is 2. The number of fused-ring (bicyclic) bond motifs is 1. The van der Waals surface area contributed by atoms with E-state index < -0.39 is 0 Å². The lowest BCUT2D eigenvalue weighted by molar-refractivity contribution is 0.202. The Morgan fingerprint density at radius 1 is 1.11 bits per heavy atom. The van der Waals surface area contributed by atoms with Crippen LogP contribution in [0.2, 0.25) is 5.02 Å². The fraction of sp³-hybridized carbons (Fsp3) is 0.435. The van der Waals surface area contributed by atoms with Gasteiger partial charge in [-0.25, -0.2) is 0 Å². The molecule has 2 N–H and O–H groups in total. The molecule has 1 aliphatic heterocycles. The third-order valence-corrected chi connectivity index (χ3v) is 6.05. The smallest absolute Gasteiger partial charge is 0.127 e. The van der Waals surface area contributed by atoms with E-state index in [1.165, 1.54) is 30.5 Å². The van der Waals surface area contributed by atoms with Crippen molar-refractivity contribution in [2.24, 2.45) is 4.99 Å². The molecule has 4 rings (SSSR count). The Morgan fingerprint density at radius 2 is 1.93 bits per heavy atom. The number of hydrogen-bond acceptors (Lipinski definition) is 3. The number of halogens is 1. The highest BCUT2D eigenvalue weighted by Gasteiger charge is 2.41. The van der Waals surface area contributed by atoms with Crippen LogP contribution in [0.1, 0.15) is 43.2 Å². The Morgan fingerprint density at radius 3 is 2.71 bits per heavy atom. The maximum atomic E-state index is 6.15. The molecule has 0 amide bonds. The molecular formula is C23H28ClN3O. The number of anilines is 2. The summed E-state index contributed by atoms with van der Waals surface area (Å²) < 4.78 is 5.31. The fourth-order valence-corrected chi connectivity index (χ4v) is 4.54. The minimum absolute atomic E-state index is 0.104. The number of ether oxygens (including phenoxy) is 1. The lowest BCUT2D eigenvalue weighted by Gasteiger charge is -2.44. The van der Waals surface area contributed by atoms with Crippen LogP contribution in [0.5, 0.6) is 0 Å². The number of amidine groups is 1. The number of benzene rings is 2. The average Bonchev–Trinajstić information content (AvgIpc) is 2.71. The summed E-state index contributed by atoms with van der Waals surface area (Å²) in [7, 11) is 1.75. The Kier molecular flexibility index (Phi) is 5.88. The second-order valence-corrected chi connectivity index (χ2v) is 8.21. The Hall–Kier alpha value is -2.04. The van der Waals surface area contributed by atoms with E-state index in [2.05, 4.69) is 34.9 Å². The van der Waals surface area contributed by atoms with E-state index in [0.717, 1.165) is 48.0 Å². The Bertz CT molecular complexity index is 859. The quantitative estimate of drug-likeness (QED) is 0.683. The molecule has 2 aromatic carbocycles. The van der Waals surface area contributed by atoms with Gasteiger partial charge < -0.3 is 15.4 Å². The van der Waals surface area contributed by atoms with Crippen LogP contribution in [0.15, 0.2) is 47.5 Å². The van der Waals surface area contributed by atoms with Crippen LogP contribution in [0.25, 0.3) is 0 Å². The zero-order valence-corrected chi connectivity index (χ0v) is 17.2. The molecule has 0 bridgehead atoms. The van der Waals surface area contributed by atoms with Crippen LogP contribution >= 0.6 is 11.6 Å². The molecule has 1 spiro atoms. The molecule has 148 valence electrons. The first-order valence-electron chi connectivity index (χ1n) is 10.2. The van der Waals surface area contributed by atoms with Gasteiger partial charge >= 0.3 is 0 Å². The van der Waals surface area contributed by atoms with Crippen LogP contribution in [-0.2, 0) is 17.7 Å². The van der Waals surface area contributed by atoms with Crippen molar-refractivity contribution in [3.05, 3.63) is 58.6 Å². The second kappa shape index (κ2) is 8.54. The maximum absolute atomic E-state index is 6.15. The molecule has 0 aromatic heterocycles. The van der Waals surface area contributed by atoms with E-state index in [-0.39, 0.29) is 5.54 Å². The largest absolute Gasteiger partial charge is 0.384 e. The average molecular weight is 398 g/mol. The lowest BCUT2D eigenvalue weighted by atomic mass is 9.78. The van der Waals surface area contributed by atoms with Crippen molar-refractivity contribution >= 4 is 28.8 Å². The highest BCUT2D eigenvalue weighted by atomic mass is 35.5. The van der Waals surface area contributed by atoms with Gasteiger partial charge in [0.2, 0.25) is 0 Å². The predicted octanol–water partition coefficient (Wildman–Crippen LogP) is 5.67. The standard InChI is InChI=1S/C23H28ClN3O/c1-28-14-11-18-8-6-10-20-21(18)27-23(12-3-2-4-13-23)22(26-20)25-16-17-7-5-9-19(24)15-17/h5-10,15,27H,2-4,11-14,16H2,1H3,(H,25,26).